The Morgan fingerprint density at radius 3 is 2.50 bits per heavy atom. The molecule has 20 heavy (non-hydrogen) atoms. The van der Waals surface area contributed by atoms with Crippen molar-refractivity contribution >= 4 is 17.8 Å². The van der Waals surface area contributed by atoms with Crippen molar-refractivity contribution < 1.29 is 19.1 Å². The second-order valence-electron chi connectivity index (χ2n) is 3.89. The van der Waals surface area contributed by atoms with Gasteiger partial charge in [0.1, 0.15) is 11.4 Å². The molecule has 0 unspecified atom stereocenters. The molecular formula is C13H17N3O4. The molecule has 1 heterocycles. The van der Waals surface area contributed by atoms with E-state index in [4.69, 9.17) is 10.5 Å². The molecule has 0 radical (unpaired) electrons. The number of nitrogens with two attached hydrogens (primary N) is 1. The number of hydrogen-bond acceptors (Lipinski definition) is 6. The number of rotatable bonds is 5. The Morgan fingerprint density at radius 1 is 1.30 bits per heavy atom. The Hall–Kier alpha value is -2.28. The molecule has 0 aliphatic heterocycles. The fourth-order valence-electron chi connectivity index (χ4n) is 1.54. The molecule has 0 atom stereocenters. The summed E-state index contributed by atoms with van der Waals surface area (Å²) >= 11 is 0. The van der Waals surface area contributed by atoms with Crippen molar-refractivity contribution in [3.8, 4) is 0 Å². The lowest BCUT2D eigenvalue weighted by Gasteiger charge is -2.17. The van der Waals surface area contributed by atoms with Gasteiger partial charge in [0.15, 0.2) is 0 Å². The number of hydrogen-bond donors (Lipinski definition) is 1. The van der Waals surface area contributed by atoms with Crippen LogP contribution in [-0.4, -0.2) is 47.4 Å². The lowest BCUT2D eigenvalue weighted by Crippen LogP contribution is -2.39. The van der Waals surface area contributed by atoms with E-state index in [9.17, 15) is 14.4 Å². The molecule has 2 amide bonds. The van der Waals surface area contributed by atoms with Crippen LogP contribution in [0.5, 0.6) is 0 Å². The number of carbonyl (C=O) groups excluding carboxylic acids is 3. The highest BCUT2D eigenvalue weighted by atomic mass is 16.5. The third kappa shape index (κ3) is 3.86. The van der Waals surface area contributed by atoms with Crippen molar-refractivity contribution in [3.63, 3.8) is 0 Å². The Morgan fingerprint density at radius 2 is 1.95 bits per heavy atom. The molecule has 1 aromatic rings. The molecule has 7 heteroatoms. The summed E-state index contributed by atoms with van der Waals surface area (Å²) < 4.78 is 4.80. The molecule has 108 valence electrons. The molecule has 2 N–H and O–H groups in total. The van der Waals surface area contributed by atoms with Crippen molar-refractivity contribution in [2.75, 3.05) is 19.7 Å². The van der Waals surface area contributed by atoms with Crippen LogP contribution in [-0.2, 0) is 9.53 Å². The second-order valence-corrected chi connectivity index (χ2v) is 3.89. The minimum absolute atomic E-state index is 0.000738. The van der Waals surface area contributed by atoms with Gasteiger partial charge in [0, 0.05) is 20.0 Å². The maximum atomic E-state index is 12.1. The number of carbonyl (C=O) groups is 3. The van der Waals surface area contributed by atoms with E-state index in [-0.39, 0.29) is 31.1 Å². The molecule has 1 aromatic heterocycles. The van der Waals surface area contributed by atoms with E-state index >= 15 is 0 Å². The number of aromatic nitrogens is 1. The van der Waals surface area contributed by atoms with E-state index in [1.165, 1.54) is 25.1 Å². The smallest absolute Gasteiger partial charge is 0.356 e. The summed E-state index contributed by atoms with van der Waals surface area (Å²) in [7, 11) is 0. The maximum absolute atomic E-state index is 12.1. The fourth-order valence-corrected chi connectivity index (χ4v) is 1.54. The number of nitrogens with zero attached hydrogens (tertiary/aromatic N) is 2. The van der Waals surface area contributed by atoms with Crippen molar-refractivity contribution in [2.24, 2.45) is 5.73 Å². The molecule has 0 saturated carbocycles. The number of imide groups is 1. The standard InChI is InChI=1S/C13H17N3O4/c1-3-20-13(19)11-6-4-5-10(15-11)12(18)16(8-7-14)9(2)17/h4-6H,3,7-8,14H2,1-2H3. The highest BCUT2D eigenvalue weighted by Crippen LogP contribution is 2.06. The zero-order valence-electron chi connectivity index (χ0n) is 11.5. The highest BCUT2D eigenvalue weighted by molar-refractivity contribution is 6.03. The molecule has 0 aliphatic carbocycles. The molecule has 0 aromatic carbocycles. The van der Waals surface area contributed by atoms with Crippen molar-refractivity contribution in [1.29, 1.82) is 0 Å². The van der Waals surface area contributed by atoms with Crippen LogP contribution in [0, 0.1) is 0 Å². The molecular weight excluding hydrogens is 262 g/mol. The predicted octanol–water partition coefficient (Wildman–Crippen LogP) is 0.206. The average Bonchev–Trinajstić information content (AvgIpc) is 2.44. The van der Waals surface area contributed by atoms with Gasteiger partial charge >= 0.3 is 5.97 Å². The first-order valence-electron chi connectivity index (χ1n) is 6.18. The van der Waals surface area contributed by atoms with Crippen LogP contribution >= 0.6 is 0 Å². The van der Waals surface area contributed by atoms with Crippen molar-refractivity contribution in [3.05, 3.63) is 29.6 Å². The summed E-state index contributed by atoms with van der Waals surface area (Å²) in [6, 6.07) is 4.38. The molecule has 0 bridgehead atoms. The van der Waals surface area contributed by atoms with Gasteiger partial charge in [-0.3, -0.25) is 14.5 Å². The van der Waals surface area contributed by atoms with Crippen LogP contribution in [0.25, 0.3) is 0 Å². The monoisotopic (exact) mass is 279 g/mol. The van der Waals surface area contributed by atoms with E-state index in [0.29, 0.717) is 0 Å². The summed E-state index contributed by atoms with van der Waals surface area (Å²) in [5.41, 5.74) is 5.38. The van der Waals surface area contributed by atoms with Gasteiger partial charge in [0.25, 0.3) is 5.91 Å². The lowest BCUT2D eigenvalue weighted by molar-refractivity contribution is -0.126. The van der Waals surface area contributed by atoms with Gasteiger partial charge in [-0.05, 0) is 19.1 Å². The third-order valence-corrected chi connectivity index (χ3v) is 2.43. The SMILES string of the molecule is CCOC(=O)c1cccc(C(=O)N(CCN)C(C)=O)n1. The van der Waals surface area contributed by atoms with Gasteiger partial charge in [0.05, 0.1) is 6.61 Å². The number of pyridine rings is 1. The topological polar surface area (TPSA) is 103 Å². The van der Waals surface area contributed by atoms with Crippen LogP contribution in [0.4, 0.5) is 0 Å². The Balaban J connectivity index is 3.01. The van der Waals surface area contributed by atoms with E-state index in [2.05, 4.69) is 4.98 Å². The quantitative estimate of drug-likeness (QED) is 0.773. The number of esters is 1. The molecule has 1 rings (SSSR count). The zero-order chi connectivity index (χ0) is 15.1. The second kappa shape index (κ2) is 7.34. The Kier molecular flexibility index (Phi) is 5.79. The van der Waals surface area contributed by atoms with Gasteiger partial charge in [-0.1, -0.05) is 6.07 Å². The van der Waals surface area contributed by atoms with E-state index < -0.39 is 17.8 Å². The highest BCUT2D eigenvalue weighted by Gasteiger charge is 2.21. The Labute approximate surface area is 116 Å². The van der Waals surface area contributed by atoms with Crippen LogP contribution in [0.15, 0.2) is 18.2 Å². The first kappa shape index (κ1) is 15.8. The van der Waals surface area contributed by atoms with E-state index in [0.717, 1.165) is 4.90 Å². The van der Waals surface area contributed by atoms with Crippen LogP contribution < -0.4 is 5.73 Å². The largest absolute Gasteiger partial charge is 0.461 e. The van der Waals surface area contributed by atoms with Gasteiger partial charge in [-0.2, -0.15) is 0 Å². The molecule has 0 fully saturated rings. The first-order chi connectivity index (χ1) is 9.51. The normalized spacial score (nSPS) is 9.95. The number of ether oxygens (including phenoxy) is 1. The number of amides is 2. The van der Waals surface area contributed by atoms with Gasteiger partial charge in [-0.15, -0.1) is 0 Å². The summed E-state index contributed by atoms with van der Waals surface area (Å²) in [6.45, 7) is 3.40. The van der Waals surface area contributed by atoms with Crippen LogP contribution in [0.3, 0.4) is 0 Å². The minimum atomic E-state index is -0.615. The molecule has 0 spiro atoms. The zero-order valence-corrected chi connectivity index (χ0v) is 11.5. The summed E-state index contributed by atoms with van der Waals surface area (Å²) in [6.07, 6.45) is 0. The van der Waals surface area contributed by atoms with Crippen molar-refractivity contribution in [1.82, 2.24) is 9.88 Å². The van der Waals surface area contributed by atoms with Crippen molar-refractivity contribution in [2.45, 2.75) is 13.8 Å². The van der Waals surface area contributed by atoms with E-state index in [1.54, 1.807) is 6.92 Å². The summed E-state index contributed by atoms with van der Waals surface area (Å²) in [5, 5.41) is 0. The molecule has 0 saturated heterocycles. The van der Waals surface area contributed by atoms with Gasteiger partial charge in [-0.25, -0.2) is 9.78 Å². The molecule has 7 nitrogen and oxygen atoms in total. The van der Waals surface area contributed by atoms with Crippen LogP contribution in [0.1, 0.15) is 34.8 Å². The fraction of sp³-hybridized carbons (Fsp3) is 0.385. The maximum Gasteiger partial charge on any atom is 0.356 e. The average molecular weight is 279 g/mol. The minimum Gasteiger partial charge on any atom is -0.461 e. The summed E-state index contributed by atoms with van der Waals surface area (Å²) in [5.74, 6) is -1.63. The van der Waals surface area contributed by atoms with Gasteiger partial charge in [0.2, 0.25) is 5.91 Å². The third-order valence-electron chi connectivity index (χ3n) is 2.43. The summed E-state index contributed by atoms with van der Waals surface area (Å²) in [4.78, 5) is 40.0. The lowest BCUT2D eigenvalue weighted by atomic mass is 10.2. The first-order valence-corrected chi connectivity index (χ1v) is 6.18. The molecule has 0 aliphatic rings. The van der Waals surface area contributed by atoms with Crippen LogP contribution in [0.2, 0.25) is 0 Å². The van der Waals surface area contributed by atoms with E-state index in [1.807, 2.05) is 0 Å². The Bertz CT molecular complexity index is 516. The predicted molar refractivity (Wildman–Crippen MR) is 71.0 cm³/mol. The van der Waals surface area contributed by atoms with Gasteiger partial charge < -0.3 is 10.5 Å².